The van der Waals surface area contributed by atoms with Crippen LogP contribution < -0.4 is 10.6 Å². The highest BCUT2D eigenvalue weighted by atomic mass is 16.5. The fourth-order valence-corrected chi connectivity index (χ4v) is 2.63. The lowest BCUT2D eigenvalue weighted by molar-refractivity contribution is -0.116. The van der Waals surface area contributed by atoms with Crippen molar-refractivity contribution in [1.29, 1.82) is 0 Å². The normalized spacial score (nSPS) is 12.5. The minimum atomic E-state index is -0.467. The van der Waals surface area contributed by atoms with Crippen LogP contribution in [0.3, 0.4) is 0 Å². The molecule has 1 aromatic carbocycles. The van der Waals surface area contributed by atoms with Gasteiger partial charge in [-0.15, -0.1) is 0 Å². The molecule has 1 atom stereocenters. The third-order valence-corrected chi connectivity index (χ3v) is 3.72. The van der Waals surface area contributed by atoms with E-state index in [2.05, 4.69) is 24.5 Å². The molecule has 26 heavy (non-hydrogen) atoms. The summed E-state index contributed by atoms with van der Waals surface area (Å²) in [5.41, 5.74) is 0.781. The maximum Gasteiger partial charge on any atom is 0.407 e. The van der Waals surface area contributed by atoms with Crippen LogP contribution in [-0.4, -0.2) is 31.2 Å². The van der Waals surface area contributed by atoms with Crippen LogP contribution in [0.4, 0.5) is 4.79 Å². The monoisotopic (exact) mass is 358 g/mol. The highest BCUT2D eigenvalue weighted by Gasteiger charge is 2.15. The van der Waals surface area contributed by atoms with Crippen LogP contribution in [0, 0.1) is 5.92 Å². The van der Waals surface area contributed by atoms with Gasteiger partial charge in [0.05, 0.1) is 6.61 Å². The first-order chi connectivity index (χ1) is 12.5. The number of alkyl carbamates (subject to hydrolysis) is 1. The maximum atomic E-state index is 12.0. The number of carbonyl (C=O) groups excluding carboxylic acids is 2. The smallest absolute Gasteiger partial charge is 0.407 e. The number of fused-ring (bicyclic) bond motifs is 1. The molecule has 1 aromatic heterocycles. The summed E-state index contributed by atoms with van der Waals surface area (Å²) in [6, 6.07) is 9.36. The van der Waals surface area contributed by atoms with Crippen LogP contribution in [0.5, 0.6) is 0 Å². The molecule has 0 bridgehead atoms. The van der Waals surface area contributed by atoms with Crippen molar-refractivity contribution in [3.05, 3.63) is 42.2 Å². The van der Waals surface area contributed by atoms with Gasteiger partial charge in [-0.25, -0.2) is 4.79 Å². The quantitative estimate of drug-likeness (QED) is 0.705. The Morgan fingerprint density at radius 2 is 2.04 bits per heavy atom. The Kier molecular flexibility index (Phi) is 7.26. The lowest BCUT2D eigenvalue weighted by atomic mass is 10.0. The topological polar surface area (TPSA) is 80.6 Å². The van der Waals surface area contributed by atoms with Crippen molar-refractivity contribution < 1.29 is 18.7 Å². The Morgan fingerprint density at radius 1 is 1.27 bits per heavy atom. The zero-order valence-electron chi connectivity index (χ0n) is 15.5. The van der Waals surface area contributed by atoms with Crippen molar-refractivity contribution in [2.24, 2.45) is 5.92 Å². The summed E-state index contributed by atoms with van der Waals surface area (Å²) in [7, 11) is 0. The maximum absolute atomic E-state index is 12.0. The van der Waals surface area contributed by atoms with Crippen LogP contribution in [0.15, 0.2) is 40.8 Å². The molecule has 2 N–H and O–H groups in total. The van der Waals surface area contributed by atoms with E-state index in [0.717, 1.165) is 17.4 Å². The van der Waals surface area contributed by atoms with Crippen molar-refractivity contribution in [2.45, 2.75) is 33.2 Å². The fraction of sp³-hybridized carbons (Fsp3) is 0.400. The van der Waals surface area contributed by atoms with E-state index in [0.29, 0.717) is 24.8 Å². The second kappa shape index (κ2) is 9.65. The molecule has 2 aromatic rings. The van der Waals surface area contributed by atoms with Gasteiger partial charge in [0, 0.05) is 24.0 Å². The van der Waals surface area contributed by atoms with Crippen LogP contribution in [0.1, 0.15) is 33.0 Å². The molecule has 0 saturated carbocycles. The number of benzene rings is 1. The van der Waals surface area contributed by atoms with Crippen molar-refractivity contribution in [2.75, 3.05) is 13.2 Å². The van der Waals surface area contributed by atoms with E-state index in [1.54, 1.807) is 13.0 Å². The Morgan fingerprint density at radius 3 is 2.73 bits per heavy atom. The van der Waals surface area contributed by atoms with Crippen molar-refractivity contribution in [3.63, 3.8) is 0 Å². The van der Waals surface area contributed by atoms with E-state index in [-0.39, 0.29) is 11.9 Å². The number of hydrogen-bond acceptors (Lipinski definition) is 4. The standard InChI is InChI=1S/C20H26N2O4/c1-4-25-20(24)22-16(11-14(2)3)13-21-19(23)10-9-17-12-15-7-5-6-8-18(15)26-17/h5-10,12,14,16H,4,11,13H2,1-3H3,(H,21,23)(H,22,24)/b10-9+. The van der Waals surface area contributed by atoms with Gasteiger partial charge in [-0.1, -0.05) is 32.0 Å². The number of amides is 2. The van der Waals surface area contributed by atoms with Crippen LogP contribution in [-0.2, 0) is 9.53 Å². The Balaban J connectivity index is 1.88. The van der Waals surface area contributed by atoms with Gasteiger partial charge in [0.1, 0.15) is 11.3 Å². The second-order valence-corrected chi connectivity index (χ2v) is 6.46. The lowest BCUT2D eigenvalue weighted by Crippen LogP contribution is -2.44. The molecule has 0 aliphatic heterocycles. The zero-order valence-corrected chi connectivity index (χ0v) is 15.5. The summed E-state index contributed by atoms with van der Waals surface area (Å²) in [5, 5.41) is 6.57. The Bertz CT molecular complexity index is 731. The molecule has 0 aliphatic carbocycles. The van der Waals surface area contributed by atoms with Crippen molar-refractivity contribution >= 4 is 29.0 Å². The third-order valence-electron chi connectivity index (χ3n) is 3.72. The van der Waals surface area contributed by atoms with Gasteiger partial charge in [-0.3, -0.25) is 4.79 Å². The molecule has 2 amide bonds. The van der Waals surface area contributed by atoms with Gasteiger partial charge in [0.25, 0.3) is 0 Å². The van der Waals surface area contributed by atoms with Gasteiger partial charge < -0.3 is 19.8 Å². The highest BCUT2D eigenvalue weighted by molar-refractivity contribution is 5.92. The Hall–Kier alpha value is -2.76. The summed E-state index contributed by atoms with van der Waals surface area (Å²) in [6.45, 7) is 6.51. The van der Waals surface area contributed by atoms with Crippen molar-refractivity contribution in [1.82, 2.24) is 10.6 Å². The number of nitrogens with one attached hydrogen (secondary N) is 2. The predicted octanol–water partition coefficient (Wildman–Crippen LogP) is 3.72. The van der Waals surface area contributed by atoms with Crippen LogP contribution >= 0.6 is 0 Å². The van der Waals surface area contributed by atoms with E-state index in [1.807, 2.05) is 30.3 Å². The number of ether oxygens (including phenoxy) is 1. The largest absolute Gasteiger partial charge is 0.457 e. The summed E-state index contributed by atoms with van der Waals surface area (Å²) in [6.07, 6.45) is 3.33. The van der Waals surface area contributed by atoms with Gasteiger partial charge in [-0.2, -0.15) is 0 Å². The fourth-order valence-electron chi connectivity index (χ4n) is 2.63. The van der Waals surface area contributed by atoms with E-state index in [9.17, 15) is 9.59 Å². The summed E-state index contributed by atoms with van der Waals surface area (Å²) in [5.74, 6) is 0.750. The minimum absolute atomic E-state index is 0.183. The van der Waals surface area contributed by atoms with Gasteiger partial charge in [0.2, 0.25) is 5.91 Å². The molecule has 6 heteroatoms. The molecule has 2 rings (SSSR count). The molecule has 0 spiro atoms. The molecule has 1 heterocycles. The average Bonchev–Trinajstić information content (AvgIpc) is 3.00. The minimum Gasteiger partial charge on any atom is -0.457 e. The average molecular weight is 358 g/mol. The summed E-state index contributed by atoms with van der Waals surface area (Å²) < 4.78 is 10.5. The summed E-state index contributed by atoms with van der Waals surface area (Å²) >= 11 is 0. The molecule has 0 aliphatic rings. The first-order valence-electron chi connectivity index (χ1n) is 8.85. The van der Waals surface area contributed by atoms with E-state index >= 15 is 0 Å². The Labute approximate surface area is 153 Å². The predicted molar refractivity (Wildman–Crippen MR) is 102 cm³/mol. The zero-order chi connectivity index (χ0) is 18.9. The molecule has 0 saturated heterocycles. The first kappa shape index (κ1) is 19.6. The molecular formula is C20H26N2O4. The van der Waals surface area contributed by atoms with E-state index in [1.165, 1.54) is 6.08 Å². The van der Waals surface area contributed by atoms with Crippen LogP contribution in [0.2, 0.25) is 0 Å². The third kappa shape index (κ3) is 6.27. The van der Waals surface area contributed by atoms with Gasteiger partial charge in [-0.05, 0) is 37.5 Å². The molecular weight excluding hydrogens is 332 g/mol. The number of para-hydroxylation sites is 1. The van der Waals surface area contributed by atoms with Crippen molar-refractivity contribution in [3.8, 4) is 0 Å². The molecule has 6 nitrogen and oxygen atoms in total. The number of carbonyl (C=O) groups is 2. The molecule has 0 radical (unpaired) electrons. The molecule has 0 fully saturated rings. The van der Waals surface area contributed by atoms with Crippen LogP contribution in [0.25, 0.3) is 17.0 Å². The number of rotatable bonds is 8. The molecule has 1 unspecified atom stereocenters. The SMILES string of the molecule is CCOC(=O)NC(CNC(=O)/C=C/c1cc2ccccc2o1)CC(C)C. The second-order valence-electron chi connectivity index (χ2n) is 6.46. The number of furan rings is 1. The van der Waals surface area contributed by atoms with E-state index < -0.39 is 6.09 Å². The van der Waals surface area contributed by atoms with E-state index in [4.69, 9.17) is 9.15 Å². The lowest BCUT2D eigenvalue weighted by Gasteiger charge is -2.20. The first-order valence-corrected chi connectivity index (χ1v) is 8.85. The van der Waals surface area contributed by atoms with Gasteiger partial charge in [0.15, 0.2) is 0 Å². The van der Waals surface area contributed by atoms with Gasteiger partial charge >= 0.3 is 6.09 Å². The summed E-state index contributed by atoms with van der Waals surface area (Å²) in [4.78, 5) is 23.7. The highest BCUT2D eigenvalue weighted by Crippen LogP contribution is 2.19. The molecule has 140 valence electrons. The number of hydrogen-bond donors (Lipinski definition) is 2.